The fraction of sp³-hybridized carbons (Fsp3) is 0.200. The molecule has 0 aromatic heterocycles. The molecule has 1 unspecified atom stereocenters. The Morgan fingerprint density at radius 1 is 1.07 bits per heavy atom. The molecule has 0 bridgehead atoms. The van der Waals surface area contributed by atoms with Crippen molar-refractivity contribution in [2.45, 2.75) is 26.3 Å². The van der Waals surface area contributed by atoms with Gasteiger partial charge >= 0.3 is 0 Å². The van der Waals surface area contributed by atoms with Gasteiger partial charge in [-0.25, -0.2) is 0 Å². The van der Waals surface area contributed by atoms with E-state index in [-0.39, 0.29) is 11.7 Å². The van der Waals surface area contributed by atoms with Gasteiger partial charge in [-0.15, -0.1) is 0 Å². The van der Waals surface area contributed by atoms with Gasteiger partial charge in [-0.3, -0.25) is 9.79 Å². The Hall–Kier alpha value is -3.11. The highest BCUT2D eigenvalue weighted by Gasteiger charge is 2.30. The van der Waals surface area contributed by atoms with E-state index in [0.717, 1.165) is 22.4 Å². The molecule has 1 N–H and O–H groups in total. The molecule has 0 spiro atoms. The van der Waals surface area contributed by atoms with Gasteiger partial charge in [0, 0.05) is 29.6 Å². The molecule has 3 aromatic rings. The number of aromatic hydroxyl groups is 1. The van der Waals surface area contributed by atoms with Crippen molar-refractivity contribution < 1.29 is 9.90 Å². The highest BCUT2D eigenvalue weighted by atomic mass is 35.5. The van der Waals surface area contributed by atoms with Crippen LogP contribution >= 0.6 is 11.6 Å². The van der Waals surface area contributed by atoms with Crippen molar-refractivity contribution in [1.29, 1.82) is 0 Å². The number of benzodiazepines with no additional fused rings is 1. The van der Waals surface area contributed by atoms with Gasteiger partial charge in [0.1, 0.15) is 11.8 Å². The summed E-state index contributed by atoms with van der Waals surface area (Å²) >= 11 is 6.30. The van der Waals surface area contributed by atoms with Gasteiger partial charge < -0.3 is 10.0 Å². The third-order valence-corrected chi connectivity index (χ3v) is 5.98. The maximum Gasteiger partial charge on any atom is 0.251 e. The summed E-state index contributed by atoms with van der Waals surface area (Å²) in [5.74, 6) is 0.118. The molecule has 4 rings (SSSR count). The number of anilines is 1. The number of hydrogen-bond acceptors (Lipinski definition) is 3. The SMILES string of the molecule is Cc1cccc(CC2N=C(c3ccc(O)cc3)c3cc(Cl)ccc3N(C)C2=O)c1C. The zero-order valence-corrected chi connectivity index (χ0v) is 17.9. The molecule has 1 heterocycles. The number of hydrogen-bond donors (Lipinski definition) is 1. The molecule has 0 saturated heterocycles. The van der Waals surface area contributed by atoms with Gasteiger partial charge in [0.2, 0.25) is 0 Å². The number of likely N-dealkylation sites (N-methyl/N-ethyl adjacent to an activating group) is 1. The number of aliphatic imine (C=N–C) groups is 1. The first-order valence-corrected chi connectivity index (χ1v) is 10.2. The van der Waals surface area contributed by atoms with E-state index in [1.807, 2.05) is 30.3 Å². The lowest BCUT2D eigenvalue weighted by molar-refractivity contribution is -0.119. The topological polar surface area (TPSA) is 52.9 Å². The van der Waals surface area contributed by atoms with E-state index in [1.54, 1.807) is 30.1 Å². The Labute approximate surface area is 181 Å². The number of nitrogens with zero attached hydrogens (tertiary/aromatic N) is 2. The van der Waals surface area contributed by atoms with Gasteiger partial charge in [-0.05, 0) is 73.0 Å². The van der Waals surface area contributed by atoms with Gasteiger partial charge in [-0.1, -0.05) is 29.8 Å². The van der Waals surface area contributed by atoms with Crippen LogP contribution in [0.1, 0.15) is 27.8 Å². The molecule has 152 valence electrons. The second kappa shape index (κ2) is 7.96. The van der Waals surface area contributed by atoms with E-state index in [9.17, 15) is 9.90 Å². The Balaban J connectivity index is 1.88. The van der Waals surface area contributed by atoms with Gasteiger partial charge in [0.25, 0.3) is 5.91 Å². The van der Waals surface area contributed by atoms with Crippen molar-refractivity contribution >= 4 is 28.9 Å². The second-order valence-corrected chi connectivity index (χ2v) is 8.10. The summed E-state index contributed by atoms with van der Waals surface area (Å²) in [5.41, 5.74) is 6.57. The number of benzene rings is 3. The smallest absolute Gasteiger partial charge is 0.251 e. The van der Waals surface area contributed by atoms with Crippen LogP contribution in [0, 0.1) is 13.8 Å². The van der Waals surface area contributed by atoms with Gasteiger partial charge in [0.05, 0.1) is 11.4 Å². The second-order valence-electron chi connectivity index (χ2n) is 7.66. The van der Waals surface area contributed by atoms with E-state index in [2.05, 4.69) is 26.0 Å². The summed E-state index contributed by atoms with van der Waals surface area (Å²) in [6.07, 6.45) is 0.514. The number of aryl methyl sites for hydroxylation is 1. The molecule has 0 saturated carbocycles. The molecule has 1 aliphatic rings. The first-order chi connectivity index (χ1) is 14.3. The minimum Gasteiger partial charge on any atom is -0.508 e. The van der Waals surface area contributed by atoms with Crippen LogP contribution < -0.4 is 4.90 Å². The Kier molecular flexibility index (Phi) is 5.35. The fourth-order valence-corrected chi connectivity index (χ4v) is 4.01. The van der Waals surface area contributed by atoms with E-state index in [1.165, 1.54) is 11.1 Å². The first-order valence-electron chi connectivity index (χ1n) is 9.85. The number of carbonyl (C=O) groups excluding carboxylic acids is 1. The Morgan fingerprint density at radius 3 is 2.53 bits per heavy atom. The quantitative estimate of drug-likeness (QED) is 0.644. The van der Waals surface area contributed by atoms with Crippen molar-refractivity contribution in [1.82, 2.24) is 0 Å². The maximum atomic E-state index is 13.4. The summed E-state index contributed by atoms with van der Waals surface area (Å²) in [6, 6.07) is 17.9. The largest absolute Gasteiger partial charge is 0.508 e. The third kappa shape index (κ3) is 3.71. The van der Waals surface area contributed by atoms with Gasteiger partial charge in [0.15, 0.2) is 0 Å². The van der Waals surface area contributed by atoms with Crippen LogP contribution in [-0.2, 0) is 11.2 Å². The van der Waals surface area contributed by atoms with Crippen LogP contribution in [0.5, 0.6) is 5.75 Å². The van der Waals surface area contributed by atoms with Crippen LogP contribution in [0.25, 0.3) is 0 Å². The molecular weight excluding hydrogens is 396 g/mol. The Bertz CT molecular complexity index is 1150. The molecule has 3 aromatic carbocycles. The molecule has 1 aliphatic heterocycles. The third-order valence-electron chi connectivity index (χ3n) is 5.75. The van der Waals surface area contributed by atoms with Crippen molar-refractivity contribution in [3.63, 3.8) is 0 Å². The number of carbonyl (C=O) groups is 1. The fourth-order valence-electron chi connectivity index (χ4n) is 3.84. The predicted octanol–water partition coefficient (Wildman–Crippen LogP) is 5.09. The normalized spacial score (nSPS) is 16.1. The van der Waals surface area contributed by atoms with E-state index in [4.69, 9.17) is 16.6 Å². The molecule has 0 aliphatic carbocycles. The lowest BCUT2D eigenvalue weighted by atomic mass is 9.97. The molecule has 5 heteroatoms. The van der Waals surface area contributed by atoms with Gasteiger partial charge in [-0.2, -0.15) is 0 Å². The van der Waals surface area contributed by atoms with Crippen molar-refractivity contribution in [3.8, 4) is 5.75 Å². The predicted molar refractivity (Wildman–Crippen MR) is 122 cm³/mol. The molecular formula is C25H23ClN2O2. The van der Waals surface area contributed by atoms with E-state index >= 15 is 0 Å². The van der Waals surface area contributed by atoms with Crippen LogP contribution in [0.2, 0.25) is 5.02 Å². The maximum absolute atomic E-state index is 13.4. The number of fused-ring (bicyclic) bond motifs is 1. The lowest BCUT2D eigenvalue weighted by Crippen LogP contribution is -2.36. The zero-order valence-electron chi connectivity index (χ0n) is 17.2. The van der Waals surface area contributed by atoms with E-state index in [0.29, 0.717) is 17.2 Å². The molecule has 0 fully saturated rings. The number of rotatable bonds is 3. The summed E-state index contributed by atoms with van der Waals surface area (Å²) in [4.78, 5) is 20.0. The minimum atomic E-state index is -0.564. The molecule has 0 radical (unpaired) electrons. The van der Waals surface area contributed by atoms with Crippen LogP contribution in [0.3, 0.4) is 0 Å². The number of halogens is 1. The minimum absolute atomic E-state index is 0.0618. The Morgan fingerprint density at radius 2 is 1.80 bits per heavy atom. The van der Waals surface area contributed by atoms with Crippen molar-refractivity contribution in [2.75, 3.05) is 11.9 Å². The monoisotopic (exact) mass is 418 g/mol. The number of amides is 1. The summed E-state index contributed by atoms with van der Waals surface area (Å²) in [7, 11) is 1.78. The van der Waals surface area contributed by atoms with Crippen LogP contribution in [0.4, 0.5) is 5.69 Å². The van der Waals surface area contributed by atoms with Crippen LogP contribution in [-0.4, -0.2) is 29.8 Å². The average molecular weight is 419 g/mol. The lowest BCUT2D eigenvalue weighted by Gasteiger charge is -2.21. The van der Waals surface area contributed by atoms with Crippen LogP contribution in [0.15, 0.2) is 65.7 Å². The number of phenolic OH excluding ortho intramolecular Hbond substituents is 1. The average Bonchev–Trinajstić information content (AvgIpc) is 2.82. The summed E-state index contributed by atoms with van der Waals surface area (Å²) in [5, 5.41) is 10.3. The molecule has 1 atom stereocenters. The zero-order chi connectivity index (χ0) is 21.4. The van der Waals surface area contributed by atoms with Crippen molar-refractivity contribution in [3.05, 3.63) is 93.5 Å². The summed E-state index contributed by atoms with van der Waals surface area (Å²) in [6.45, 7) is 4.15. The molecule has 1 amide bonds. The first kappa shape index (κ1) is 20.2. The molecule has 30 heavy (non-hydrogen) atoms. The highest BCUT2D eigenvalue weighted by Crippen LogP contribution is 2.31. The summed E-state index contributed by atoms with van der Waals surface area (Å²) < 4.78 is 0. The highest BCUT2D eigenvalue weighted by molar-refractivity contribution is 6.32. The van der Waals surface area contributed by atoms with E-state index < -0.39 is 6.04 Å². The van der Waals surface area contributed by atoms with Crippen molar-refractivity contribution in [2.24, 2.45) is 4.99 Å². The molecule has 4 nitrogen and oxygen atoms in total. The number of phenols is 1. The standard InChI is InChI=1S/C25H23ClN2O2/c1-15-5-4-6-18(16(15)2)13-22-25(30)28(3)23-12-9-19(26)14-21(23)24(27-22)17-7-10-20(29)11-8-17/h4-12,14,22,29H,13H2,1-3H3.